The number of aliphatic carboxylic acids is 1. The number of rotatable bonds is 13. The van der Waals surface area contributed by atoms with E-state index in [1.165, 1.54) is 6.07 Å². The average molecular weight is 556 g/mol. The van der Waals surface area contributed by atoms with Gasteiger partial charge in [-0.15, -0.1) is 0 Å². The van der Waals surface area contributed by atoms with E-state index in [-0.39, 0.29) is 30.1 Å². The smallest absolute Gasteiger partial charge is 0.295 e. The van der Waals surface area contributed by atoms with Gasteiger partial charge in [-0.05, 0) is 62.5 Å². The number of nitrogens with zero attached hydrogens (tertiary/aromatic N) is 1. The minimum absolute atomic E-state index is 0.0307. The molecule has 0 unspecified atom stereocenters. The van der Waals surface area contributed by atoms with Gasteiger partial charge in [-0.3, -0.25) is 13.6 Å². The summed E-state index contributed by atoms with van der Waals surface area (Å²) in [7, 11) is -4.65. The fourth-order valence-corrected chi connectivity index (χ4v) is 6.13. The molecule has 1 aliphatic heterocycles. The van der Waals surface area contributed by atoms with E-state index in [1.54, 1.807) is 18.2 Å². The highest BCUT2D eigenvalue weighted by Gasteiger charge is 2.41. The Labute approximate surface area is 217 Å². The lowest BCUT2D eigenvalue weighted by molar-refractivity contribution is -0.305. The summed E-state index contributed by atoms with van der Waals surface area (Å²) in [6.45, 7) is 2.24. The van der Waals surface area contributed by atoms with Gasteiger partial charge in [0.2, 0.25) is 0 Å². The van der Waals surface area contributed by atoms with E-state index in [2.05, 4.69) is 0 Å². The molecule has 0 radical (unpaired) electrons. The molecule has 0 amide bonds. The first-order chi connectivity index (χ1) is 17.1. The van der Waals surface area contributed by atoms with Crippen LogP contribution in [0.1, 0.15) is 57.4 Å². The number of carbonyl (C=O) groups is 1. The lowest BCUT2D eigenvalue weighted by Crippen LogP contribution is -2.36. The van der Waals surface area contributed by atoms with Gasteiger partial charge in [-0.25, -0.2) is 0 Å². The summed E-state index contributed by atoms with van der Waals surface area (Å²) in [5.74, 6) is -0.995. The fraction of sp³-hybridized carbons (Fsp3) is 0.480. The highest BCUT2D eigenvalue weighted by atomic mass is 32.2. The Morgan fingerprint density at radius 2 is 1.70 bits per heavy atom. The molecule has 0 aromatic heterocycles. The second kappa shape index (κ2) is 11.1. The first-order valence-corrected chi connectivity index (χ1v) is 15.1. The van der Waals surface area contributed by atoms with Crippen molar-refractivity contribution in [2.24, 2.45) is 0 Å². The van der Waals surface area contributed by atoms with Crippen LogP contribution in [0.5, 0.6) is 5.75 Å². The van der Waals surface area contributed by atoms with Crippen molar-refractivity contribution >= 4 is 48.2 Å². The Morgan fingerprint density at radius 1 is 1.00 bits per heavy atom. The van der Waals surface area contributed by atoms with Crippen LogP contribution in [0.15, 0.2) is 34.9 Å². The van der Waals surface area contributed by atoms with Crippen LogP contribution >= 0.6 is 0 Å². The third kappa shape index (κ3) is 6.68. The predicted octanol–water partition coefficient (Wildman–Crippen LogP) is 3.15. The van der Waals surface area contributed by atoms with Gasteiger partial charge in [0.05, 0.1) is 32.0 Å². The second-order valence-electron chi connectivity index (χ2n) is 9.72. The van der Waals surface area contributed by atoms with E-state index in [4.69, 9.17) is 9.29 Å². The Bertz CT molecular complexity index is 1440. The maximum Gasteiger partial charge on any atom is 0.295 e. The molecular weight excluding hydrogens is 522 g/mol. The Balaban J connectivity index is 2.07. The zero-order valence-corrected chi connectivity index (χ0v) is 22.8. The molecule has 12 heteroatoms. The van der Waals surface area contributed by atoms with Crippen molar-refractivity contribution in [1.82, 2.24) is 4.48 Å². The molecule has 0 aliphatic carbocycles. The highest BCUT2D eigenvalue weighted by Crippen LogP contribution is 2.53. The molecule has 0 saturated heterocycles. The molecule has 0 spiro atoms. The number of carboxylic acid groups (broad SMARTS) is 1. The number of quaternary nitrogens is 1. The molecule has 10 nitrogen and oxygen atoms in total. The number of ether oxygens (including phenoxy) is 1. The van der Waals surface area contributed by atoms with Gasteiger partial charge >= 0.3 is 0 Å². The van der Waals surface area contributed by atoms with Crippen molar-refractivity contribution in [3.8, 4) is 5.75 Å². The first-order valence-electron chi connectivity index (χ1n) is 12.0. The van der Waals surface area contributed by atoms with E-state index in [1.807, 2.05) is 21.0 Å². The summed E-state index contributed by atoms with van der Waals surface area (Å²) in [5.41, 5.74) is 3.50. The third-order valence-corrected chi connectivity index (χ3v) is 8.57. The van der Waals surface area contributed by atoms with Crippen LogP contribution < -0.4 is 14.3 Å². The summed E-state index contributed by atoms with van der Waals surface area (Å²) in [6.07, 6.45) is 2.87. The quantitative estimate of drug-likeness (QED) is 0.215. The van der Waals surface area contributed by atoms with Crippen LogP contribution in [-0.4, -0.2) is 58.4 Å². The van der Waals surface area contributed by atoms with Crippen molar-refractivity contribution < 1.29 is 40.6 Å². The topological polar surface area (TPSA) is 158 Å². The molecule has 2 aromatic carbocycles. The molecule has 0 atom stereocenters. The molecule has 2 N–H and O–H groups in total. The monoisotopic (exact) mass is 555 g/mol. The van der Waals surface area contributed by atoms with Crippen molar-refractivity contribution in [1.29, 1.82) is 0 Å². The van der Waals surface area contributed by atoms with Crippen molar-refractivity contribution in [2.45, 2.75) is 56.8 Å². The standard InChI is InChI=1S/C25H33NO9S2/c1-17-18(10-6-8-15-36(29,30)31)24-19-11-9-12-22(37(32,33)34)20(19)16-21(25(24)26(17,2)3)35-14-7-4-5-13-23(27)28/h9,11-12,16H,4-8,10,13-15H2,1-3H3,(H2-,27,28,29,30,31,32,33,34). The second-order valence-corrected chi connectivity index (χ2v) is 12.7. The van der Waals surface area contributed by atoms with E-state index in [9.17, 15) is 31.3 Å². The molecule has 0 fully saturated rings. The van der Waals surface area contributed by atoms with Gasteiger partial charge in [0.1, 0.15) is 10.6 Å². The zero-order chi connectivity index (χ0) is 27.6. The number of hydrogen-bond donors (Lipinski definition) is 2. The predicted molar refractivity (Wildman–Crippen MR) is 139 cm³/mol. The molecule has 0 bridgehead atoms. The van der Waals surface area contributed by atoms with Crippen LogP contribution in [0, 0.1) is 0 Å². The molecule has 0 saturated carbocycles. The Kier molecular flexibility index (Phi) is 8.70. The normalized spacial score (nSPS) is 15.3. The SMILES string of the molecule is CC1=C(CCCCS(=O)(=O)O)c2c(c(OCCCCCC(=O)[O-])cc3c(S(=O)(=O)O)cccc23)[N+]1(C)C. The summed E-state index contributed by atoms with van der Waals surface area (Å²) in [5, 5.41) is 11.6. The maximum absolute atomic E-state index is 12.2. The minimum Gasteiger partial charge on any atom is -0.550 e. The number of carbonyl (C=O) groups excluding carboxylic acids is 1. The Hall–Kier alpha value is -2.51. The van der Waals surface area contributed by atoms with Gasteiger partial charge in [0.15, 0.2) is 11.4 Å². The van der Waals surface area contributed by atoms with Crippen molar-refractivity contribution in [2.75, 3.05) is 26.5 Å². The largest absolute Gasteiger partial charge is 0.550 e. The third-order valence-electron chi connectivity index (χ3n) is 6.86. The molecule has 2 aromatic rings. The number of unbranched alkanes of at least 4 members (excludes halogenated alkanes) is 3. The van der Waals surface area contributed by atoms with Gasteiger partial charge < -0.3 is 14.6 Å². The number of fused-ring (bicyclic) bond motifs is 3. The maximum atomic E-state index is 12.2. The van der Waals surface area contributed by atoms with E-state index in [0.717, 1.165) is 22.5 Å². The van der Waals surface area contributed by atoms with Gasteiger partial charge in [-0.1, -0.05) is 12.1 Å². The van der Waals surface area contributed by atoms with E-state index >= 15 is 0 Å². The first kappa shape index (κ1) is 29.1. The summed E-state index contributed by atoms with van der Waals surface area (Å²) < 4.78 is 72.1. The van der Waals surface area contributed by atoms with E-state index in [0.29, 0.717) is 53.1 Å². The lowest BCUT2D eigenvalue weighted by atomic mass is 9.94. The number of carboxylic acids is 1. The van der Waals surface area contributed by atoms with Crippen LogP contribution in [0.4, 0.5) is 5.69 Å². The average Bonchev–Trinajstić information content (AvgIpc) is 2.98. The fourth-order valence-electron chi connectivity index (χ4n) is 4.87. The van der Waals surface area contributed by atoms with Crippen molar-refractivity contribution in [3.63, 3.8) is 0 Å². The molecule has 1 aliphatic rings. The number of hydrogen-bond acceptors (Lipinski definition) is 7. The van der Waals surface area contributed by atoms with Crippen LogP contribution in [-0.2, 0) is 25.0 Å². The molecular formula is C25H33NO9S2. The lowest BCUT2D eigenvalue weighted by Gasteiger charge is -2.28. The number of benzene rings is 2. The zero-order valence-electron chi connectivity index (χ0n) is 21.2. The highest BCUT2D eigenvalue weighted by molar-refractivity contribution is 7.86. The van der Waals surface area contributed by atoms with E-state index < -0.39 is 26.2 Å². The minimum atomic E-state index is -4.53. The molecule has 1 heterocycles. The molecule has 3 rings (SSSR count). The van der Waals surface area contributed by atoms with Crippen LogP contribution in [0.2, 0.25) is 0 Å². The van der Waals surface area contributed by atoms with Gasteiger partial charge in [0, 0.05) is 23.9 Å². The molecule has 37 heavy (non-hydrogen) atoms. The summed E-state index contributed by atoms with van der Waals surface area (Å²) in [4.78, 5) is 10.4. The van der Waals surface area contributed by atoms with Crippen LogP contribution in [0.25, 0.3) is 16.3 Å². The summed E-state index contributed by atoms with van der Waals surface area (Å²) in [6, 6.07) is 6.29. The molecule has 204 valence electrons. The summed E-state index contributed by atoms with van der Waals surface area (Å²) >= 11 is 0. The van der Waals surface area contributed by atoms with Gasteiger partial charge in [0.25, 0.3) is 20.2 Å². The van der Waals surface area contributed by atoms with Crippen LogP contribution in [0.3, 0.4) is 0 Å². The van der Waals surface area contributed by atoms with Crippen molar-refractivity contribution in [3.05, 3.63) is 35.5 Å². The van der Waals surface area contributed by atoms with Gasteiger partial charge in [-0.2, -0.15) is 16.8 Å². The Morgan fingerprint density at radius 3 is 2.32 bits per heavy atom. The number of allylic oxidation sites excluding steroid dienone is 2.